The first-order chi connectivity index (χ1) is 11.0. The standard InChI is InChI=1S/C18H18N2O3/c1-18(14-8-10-15(23-2)11-9-14)16(21)20(17(22)19-18)12-13-6-4-3-5-7-13/h3-11H,12H2,1-2H3,(H,19,22). The van der Waals surface area contributed by atoms with Crippen molar-refractivity contribution in [3.8, 4) is 5.75 Å². The van der Waals surface area contributed by atoms with Crippen LogP contribution in [0.5, 0.6) is 5.75 Å². The van der Waals surface area contributed by atoms with Crippen molar-refractivity contribution in [1.29, 1.82) is 0 Å². The van der Waals surface area contributed by atoms with E-state index in [1.807, 2.05) is 30.3 Å². The fourth-order valence-corrected chi connectivity index (χ4v) is 2.73. The van der Waals surface area contributed by atoms with Crippen molar-refractivity contribution in [1.82, 2.24) is 10.2 Å². The molecule has 23 heavy (non-hydrogen) atoms. The number of methoxy groups -OCH3 is 1. The van der Waals surface area contributed by atoms with Gasteiger partial charge in [-0.2, -0.15) is 0 Å². The maximum absolute atomic E-state index is 12.8. The Bertz CT molecular complexity index is 728. The first-order valence-corrected chi connectivity index (χ1v) is 7.37. The van der Waals surface area contributed by atoms with Crippen LogP contribution in [0.4, 0.5) is 4.79 Å². The Hall–Kier alpha value is -2.82. The van der Waals surface area contributed by atoms with Crippen LogP contribution in [-0.4, -0.2) is 23.9 Å². The zero-order valence-corrected chi connectivity index (χ0v) is 13.1. The maximum atomic E-state index is 12.8. The van der Waals surface area contributed by atoms with Gasteiger partial charge in [-0.15, -0.1) is 0 Å². The highest BCUT2D eigenvalue weighted by Gasteiger charge is 2.48. The molecule has 1 aliphatic rings. The lowest BCUT2D eigenvalue weighted by molar-refractivity contribution is -0.131. The van der Waals surface area contributed by atoms with Crippen molar-refractivity contribution in [2.75, 3.05) is 7.11 Å². The molecule has 5 heteroatoms. The van der Waals surface area contributed by atoms with Crippen molar-refractivity contribution in [2.24, 2.45) is 0 Å². The van der Waals surface area contributed by atoms with Gasteiger partial charge in [0.15, 0.2) is 0 Å². The number of imide groups is 1. The molecule has 1 unspecified atom stereocenters. The highest BCUT2D eigenvalue weighted by molar-refractivity contribution is 6.07. The lowest BCUT2D eigenvalue weighted by Gasteiger charge is -2.22. The fraction of sp³-hybridized carbons (Fsp3) is 0.222. The Balaban J connectivity index is 1.87. The third-order valence-corrected chi connectivity index (χ3v) is 4.13. The third-order valence-electron chi connectivity index (χ3n) is 4.13. The summed E-state index contributed by atoms with van der Waals surface area (Å²) in [6, 6.07) is 16.2. The molecular formula is C18H18N2O3. The molecule has 1 N–H and O–H groups in total. The molecule has 5 nitrogen and oxygen atoms in total. The first kappa shape index (κ1) is 15.1. The second-order valence-corrected chi connectivity index (χ2v) is 5.66. The number of nitrogens with zero attached hydrogens (tertiary/aromatic N) is 1. The van der Waals surface area contributed by atoms with Crippen LogP contribution in [0, 0.1) is 0 Å². The highest BCUT2D eigenvalue weighted by atomic mass is 16.5. The van der Waals surface area contributed by atoms with Crippen LogP contribution in [0.3, 0.4) is 0 Å². The molecule has 3 rings (SSSR count). The Morgan fingerprint density at radius 2 is 1.70 bits per heavy atom. The molecule has 0 radical (unpaired) electrons. The van der Waals surface area contributed by atoms with Crippen LogP contribution in [0.2, 0.25) is 0 Å². The van der Waals surface area contributed by atoms with Gasteiger partial charge in [-0.05, 0) is 30.2 Å². The van der Waals surface area contributed by atoms with Gasteiger partial charge in [-0.3, -0.25) is 9.69 Å². The number of carbonyl (C=O) groups excluding carboxylic acids is 2. The Kier molecular flexibility index (Phi) is 3.78. The van der Waals surface area contributed by atoms with Gasteiger partial charge in [0.05, 0.1) is 13.7 Å². The summed E-state index contributed by atoms with van der Waals surface area (Å²) in [5, 5.41) is 2.80. The zero-order chi connectivity index (χ0) is 16.4. The Morgan fingerprint density at radius 1 is 1.04 bits per heavy atom. The number of urea groups is 1. The second-order valence-electron chi connectivity index (χ2n) is 5.66. The van der Waals surface area contributed by atoms with Crippen molar-refractivity contribution in [2.45, 2.75) is 19.0 Å². The minimum atomic E-state index is -1.06. The lowest BCUT2D eigenvalue weighted by atomic mass is 9.92. The van der Waals surface area contributed by atoms with E-state index in [1.54, 1.807) is 38.3 Å². The number of ether oxygens (including phenoxy) is 1. The average molecular weight is 310 g/mol. The Labute approximate surface area is 134 Å². The SMILES string of the molecule is COc1ccc(C2(C)NC(=O)N(Cc3ccccc3)C2=O)cc1. The van der Waals surface area contributed by atoms with E-state index in [0.717, 1.165) is 11.1 Å². The molecule has 0 spiro atoms. The average Bonchev–Trinajstić information content (AvgIpc) is 2.80. The molecule has 1 saturated heterocycles. The van der Waals surface area contributed by atoms with Crippen molar-refractivity contribution in [3.05, 3.63) is 65.7 Å². The molecule has 0 saturated carbocycles. The van der Waals surface area contributed by atoms with Gasteiger partial charge in [0.25, 0.3) is 5.91 Å². The normalized spacial score (nSPS) is 20.5. The number of amides is 3. The van der Waals surface area contributed by atoms with Gasteiger partial charge in [0.1, 0.15) is 11.3 Å². The van der Waals surface area contributed by atoms with Crippen molar-refractivity contribution in [3.63, 3.8) is 0 Å². The lowest BCUT2D eigenvalue weighted by Crippen LogP contribution is -2.40. The fourth-order valence-electron chi connectivity index (χ4n) is 2.73. The summed E-state index contributed by atoms with van der Waals surface area (Å²) in [6.07, 6.45) is 0. The predicted molar refractivity (Wildman–Crippen MR) is 85.9 cm³/mol. The molecule has 1 aliphatic heterocycles. The quantitative estimate of drug-likeness (QED) is 0.883. The molecule has 0 aliphatic carbocycles. The first-order valence-electron chi connectivity index (χ1n) is 7.37. The van der Waals surface area contributed by atoms with E-state index >= 15 is 0 Å². The zero-order valence-electron chi connectivity index (χ0n) is 13.1. The van der Waals surface area contributed by atoms with Gasteiger partial charge >= 0.3 is 6.03 Å². The number of rotatable bonds is 4. The van der Waals surface area contributed by atoms with Crippen LogP contribution < -0.4 is 10.1 Å². The topological polar surface area (TPSA) is 58.6 Å². The number of carbonyl (C=O) groups is 2. The van der Waals surface area contributed by atoms with E-state index in [0.29, 0.717) is 5.75 Å². The van der Waals surface area contributed by atoms with E-state index in [1.165, 1.54) is 4.90 Å². The number of hydrogen-bond acceptors (Lipinski definition) is 3. The summed E-state index contributed by atoms with van der Waals surface area (Å²) < 4.78 is 5.13. The van der Waals surface area contributed by atoms with Crippen LogP contribution in [-0.2, 0) is 16.9 Å². The maximum Gasteiger partial charge on any atom is 0.325 e. The van der Waals surface area contributed by atoms with E-state index in [9.17, 15) is 9.59 Å². The van der Waals surface area contributed by atoms with Crippen LogP contribution in [0.25, 0.3) is 0 Å². The van der Waals surface area contributed by atoms with Crippen molar-refractivity contribution >= 4 is 11.9 Å². The van der Waals surface area contributed by atoms with Gasteiger partial charge in [0.2, 0.25) is 0 Å². The van der Waals surface area contributed by atoms with E-state index < -0.39 is 5.54 Å². The minimum Gasteiger partial charge on any atom is -0.497 e. The second kappa shape index (κ2) is 5.76. The molecular weight excluding hydrogens is 292 g/mol. The molecule has 118 valence electrons. The van der Waals surface area contributed by atoms with E-state index in [2.05, 4.69) is 5.32 Å². The largest absolute Gasteiger partial charge is 0.497 e. The summed E-state index contributed by atoms with van der Waals surface area (Å²) >= 11 is 0. The summed E-state index contributed by atoms with van der Waals surface area (Å²) in [6.45, 7) is 1.98. The molecule has 1 atom stereocenters. The molecule has 0 bridgehead atoms. The molecule has 1 heterocycles. The molecule has 0 aromatic heterocycles. The van der Waals surface area contributed by atoms with Gasteiger partial charge < -0.3 is 10.1 Å². The number of benzene rings is 2. The summed E-state index contributed by atoms with van der Waals surface area (Å²) in [5.74, 6) is 0.451. The smallest absolute Gasteiger partial charge is 0.325 e. The molecule has 2 aromatic carbocycles. The predicted octanol–water partition coefficient (Wildman–Crippen LogP) is 2.66. The summed E-state index contributed by atoms with van der Waals surface area (Å²) in [5.41, 5.74) is 0.584. The van der Waals surface area contributed by atoms with Crippen LogP contribution in [0.1, 0.15) is 18.1 Å². The molecule has 1 fully saturated rings. The molecule has 3 amide bonds. The van der Waals surface area contributed by atoms with Crippen LogP contribution in [0.15, 0.2) is 54.6 Å². The Morgan fingerprint density at radius 3 is 2.30 bits per heavy atom. The molecule has 2 aromatic rings. The number of hydrogen-bond donors (Lipinski definition) is 1. The van der Waals surface area contributed by atoms with Crippen LogP contribution >= 0.6 is 0 Å². The van der Waals surface area contributed by atoms with Gasteiger partial charge in [0, 0.05) is 0 Å². The summed E-state index contributed by atoms with van der Waals surface area (Å²) in [4.78, 5) is 26.3. The highest BCUT2D eigenvalue weighted by Crippen LogP contribution is 2.30. The summed E-state index contributed by atoms with van der Waals surface area (Å²) in [7, 11) is 1.58. The number of nitrogens with one attached hydrogen (secondary N) is 1. The van der Waals surface area contributed by atoms with E-state index in [4.69, 9.17) is 4.74 Å². The van der Waals surface area contributed by atoms with E-state index in [-0.39, 0.29) is 18.5 Å². The van der Waals surface area contributed by atoms with Crippen molar-refractivity contribution < 1.29 is 14.3 Å². The monoisotopic (exact) mass is 310 g/mol. The van der Waals surface area contributed by atoms with Gasteiger partial charge in [-0.1, -0.05) is 42.5 Å². The van der Waals surface area contributed by atoms with Gasteiger partial charge in [-0.25, -0.2) is 4.79 Å². The minimum absolute atomic E-state index is 0.253. The third kappa shape index (κ3) is 2.65.